The normalized spacial score (nSPS) is 11.1. The van der Waals surface area contributed by atoms with Gasteiger partial charge >= 0.3 is 0 Å². The summed E-state index contributed by atoms with van der Waals surface area (Å²) in [5.41, 5.74) is 5.62. The zero-order valence-electron chi connectivity index (χ0n) is 17.6. The third-order valence-corrected chi connectivity index (χ3v) is 4.94. The van der Waals surface area contributed by atoms with Gasteiger partial charge in [0, 0.05) is 5.56 Å². The minimum atomic E-state index is -0.984. The number of anilines is 1. The summed E-state index contributed by atoms with van der Waals surface area (Å²) >= 11 is 5.96. The Labute approximate surface area is 195 Å². The lowest BCUT2D eigenvalue weighted by Crippen LogP contribution is -2.51. The van der Waals surface area contributed by atoms with Gasteiger partial charge in [-0.2, -0.15) is 0 Å². The molecule has 0 spiro atoms. The van der Waals surface area contributed by atoms with E-state index in [1.54, 1.807) is 66.7 Å². The van der Waals surface area contributed by atoms with Gasteiger partial charge in [0.2, 0.25) is 0 Å². The molecule has 4 N–H and O–H groups in total. The molecule has 1 unspecified atom stereocenters. The lowest BCUT2D eigenvalue weighted by atomic mass is 10.1. The molecule has 0 saturated carbocycles. The molecule has 0 fully saturated rings. The second kappa shape index (κ2) is 10.9. The van der Waals surface area contributed by atoms with Gasteiger partial charge in [0.1, 0.15) is 6.04 Å². The molecule has 0 aromatic heterocycles. The SMILES string of the molecule is CC(NC(=O)c1ccccc1NC(=O)c1ccccc1)C(=O)NNC(=O)c1ccccc1Cl. The number of carbonyl (C=O) groups is 4. The van der Waals surface area contributed by atoms with Crippen LogP contribution in [-0.2, 0) is 4.79 Å². The van der Waals surface area contributed by atoms with E-state index in [4.69, 9.17) is 11.6 Å². The monoisotopic (exact) mass is 464 g/mol. The number of carbonyl (C=O) groups excluding carboxylic acids is 4. The van der Waals surface area contributed by atoms with E-state index < -0.39 is 23.8 Å². The maximum absolute atomic E-state index is 12.8. The molecule has 1 atom stereocenters. The van der Waals surface area contributed by atoms with Crippen molar-refractivity contribution in [3.05, 3.63) is 101 Å². The van der Waals surface area contributed by atoms with Crippen molar-refractivity contribution in [2.24, 2.45) is 0 Å². The number of amides is 4. The molecule has 0 aliphatic heterocycles. The summed E-state index contributed by atoms with van der Waals surface area (Å²) < 4.78 is 0. The second-order valence-electron chi connectivity index (χ2n) is 6.98. The maximum Gasteiger partial charge on any atom is 0.271 e. The van der Waals surface area contributed by atoms with Crippen LogP contribution in [-0.4, -0.2) is 29.7 Å². The van der Waals surface area contributed by atoms with Gasteiger partial charge in [-0.1, -0.05) is 54.1 Å². The van der Waals surface area contributed by atoms with Crippen molar-refractivity contribution in [3.8, 4) is 0 Å². The molecule has 0 saturated heterocycles. The van der Waals surface area contributed by atoms with E-state index in [1.165, 1.54) is 19.1 Å². The lowest BCUT2D eigenvalue weighted by Gasteiger charge is -2.16. The van der Waals surface area contributed by atoms with E-state index in [0.717, 1.165) is 0 Å². The average Bonchev–Trinajstić information content (AvgIpc) is 2.83. The zero-order chi connectivity index (χ0) is 23.8. The molecular weight excluding hydrogens is 444 g/mol. The first-order valence-corrected chi connectivity index (χ1v) is 10.4. The van der Waals surface area contributed by atoms with Crippen LogP contribution in [0.15, 0.2) is 78.9 Å². The lowest BCUT2D eigenvalue weighted by molar-refractivity contribution is -0.123. The molecule has 0 radical (unpaired) electrons. The number of hydrogen-bond acceptors (Lipinski definition) is 4. The summed E-state index contributed by atoms with van der Waals surface area (Å²) in [6, 6.07) is 20.4. The number of benzene rings is 3. The summed E-state index contributed by atoms with van der Waals surface area (Å²) in [6.45, 7) is 1.46. The predicted octanol–water partition coefficient (Wildman–Crippen LogP) is 3.17. The predicted molar refractivity (Wildman–Crippen MR) is 125 cm³/mol. The topological polar surface area (TPSA) is 116 Å². The van der Waals surface area contributed by atoms with E-state index in [2.05, 4.69) is 21.5 Å². The van der Waals surface area contributed by atoms with Crippen LogP contribution in [0, 0.1) is 0 Å². The van der Waals surface area contributed by atoms with E-state index >= 15 is 0 Å². The largest absolute Gasteiger partial charge is 0.340 e. The Morgan fingerprint density at radius 2 is 1.30 bits per heavy atom. The van der Waals surface area contributed by atoms with Crippen molar-refractivity contribution >= 4 is 40.9 Å². The highest BCUT2D eigenvalue weighted by Crippen LogP contribution is 2.17. The number of para-hydroxylation sites is 1. The first-order valence-electron chi connectivity index (χ1n) is 9.98. The molecule has 3 aromatic carbocycles. The molecule has 9 heteroatoms. The highest BCUT2D eigenvalue weighted by Gasteiger charge is 2.20. The van der Waals surface area contributed by atoms with Crippen molar-refractivity contribution in [2.45, 2.75) is 13.0 Å². The quantitative estimate of drug-likeness (QED) is 0.419. The van der Waals surface area contributed by atoms with Crippen molar-refractivity contribution in [2.75, 3.05) is 5.32 Å². The van der Waals surface area contributed by atoms with E-state index in [0.29, 0.717) is 11.3 Å². The Bertz CT molecular complexity index is 1180. The Hall–Kier alpha value is -4.17. The van der Waals surface area contributed by atoms with E-state index in [-0.39, 0.29) is 22.1 Å². The summed E-state index contributed by atoms with van der Waals surface area (Å²) in [4.78, 5) is 49.7. The van der Waals surface area contributed by atoms with E-state index in [9.17, 15) is 19.2 Å². The molecule has 3 aromatic rings. The standard InChI is InChI=1S/C24H21ClN4O4/c1-15(21(30)28-29-24(33)17-11-5-7-13-19(17)25)26-23(32)18-12-6-8-14-20(18)27-22(31)16-9-3-2-4-10-16/h2-15H,1H3,(H,26,32)(H,27,31)(H,28,30)(H,29,33). The fraction of sp³-hybridized carbons (Fsp3) is 0.0833. The van der Waals surface area contributed by atoms with Gasteiger partial charge in [-0.25, -0.2) is 0 Å². The van der Waals surface area contributed by atoms with Crippen LogP contribution in [0.4, 0.5) is 5.69 Å². The summed E-state index contributed by atoms with van der Waals surface area (Å²) in [7, 11) is 0. The van der Waals surface area contributed by atoms with Gasteiger partial charge in [-0.15, -0.1) is 0 Å². The Morgan fingerprint density at radius 3 is 2.00 bits per heavy atom. The fourth-order valence-corrected chi connectivity index (χ4v) is 3.07. The molecule has 0 aliphatic rings. The molecule has 168 valence electrons. The van der Waals surface area contributed by atoms with Crippen LogP contribution in [0.25, 0.3) is 0 Å². The van der Waals surface area contributed by atoms with Crippen LogP contribution in [0.3, 0.4) is 0 Å². The highest BCUT2D eigenvalue weighted by molar-refractivity contribution is 6.33. The van der Waals surface area contributed by atoms with Crippen molar-refractivity contribution in [1.82, 2.24) is 16.2 Å². The summed E-state index contributed by atoms with van der Waals surface area (Å²) in [5.74, 6) is -2.18. The molecular formula is C24H21ClN4O4. The van der Waals surface area contributed by atoms with Crippen LogP contribution < -0.4 is 21.5 Å². The van der Waals surface area contributed by atoms with Crippen LogP contribution in [0.2, 0.25) is 5.02 Å². The zero-order valence-corrected chi connectivity index (χ0v) is 18.3. The minimum absolute atomic E-state index is 0.182. The Balaban J connectivity index is 1.60. The van der Waals surface area contributed by atoms with Crippen LogP contribution in [0.5, 0.6) is 0 Å². The number of hydrogen-bond donors (Lipinski definition) is 4. The van der Waals surface area contributed by atoms with Crippen molar-refractivity contribution < 1.29 is 19.2 Å². The summed E-state index contributed by atoms with van der Waals surface area (Å²) in [6.07, 6.45) is 0. The number of hydrazine groups is 1. The molecule has 0 aliphatic carbocycles. The maximum atomic E-state index is 12.8. The van der Waals surface area contributed by atoms with Crippen LogP contribution >= 0.6 is 11.6 Å². The van der Waals surface area contributed by atoms with Gasteiger partial charge in [0.15, 0.2) is 0 Å². The number of halogens is 1. The minimum Gasteiger partial charge on any atom is -0.340 e. The molecule has 3 rings (SSSR count). The molecule has 0 bridgehead atoms. The van der Waals surface area contributed by atoms with E-state index in [1.807, 2.05) is 0 Å². The second-order valence-corrected chi connectivity index (χ2v) is 7.39. The van der Waals surface area contributed by atoms with Crippen molar-refractivity contribution in [1.29, 1.82) is 0 Å². The van der Waals surface area contributed by atoms with Gasteiger partial charge < -0.3 is 10.6 Å². The number of nitrogens with one attached hydrogen (secondary N) is 4. The van der Waals surface area contributed by atoms with Gasteiger partial charge in [0.05, 0.1) is 21.8 Å². The first kappa shape index (κ1) is 23.5. The van der Waals surface area contributed by atoms with Gasteiger partial charge in [0.25, 0.3) is 23.6 Å². The molecule has 4 amide bonds. The smallest absolute Gasteiger partial charge is 0.271 e. The Kier molecular flexibility index (Phi) is 7.77. The third kappa shape index (κ3) is 6.18. The average molecular weight is 465 g/mol. The molecule has 33 heavy (non-hydrogen) atoms. The molecule has 8 nitrogen and oxygen atoms in total. The van der Waals surface area contributed by atoms with Crippen LogP contribution in [0.1, 0.15) is 38.0 Å². The molecule has 0 heterocycles. The third-order valence-electron chi connectivity index (χ3n) is 4.61. The first-order chi connectivity index (χ1) is 15.9. The van der Waals surface area contributed by atoms with Gasteiger partial charge in [-0.3, -0.25) is 30.0 Å². The number of rotatable bonds is 6. The fourth-order valence-electron chi connectivity index (χ4n) is 2.85. The Morgan fingerprint density at radius 1 is 0.697 bits per heavy atom. The summed E-state index contributed by atoms with van der Waals surface area (Å²) in [5, 5.41) is 5.48. The van der Waals surface area contributed by atoms with Gasteiger partial charge in [-0.05, 0) is 43.3 Å². The highest BCUT2D eigenvalue weighted by atomic mass is 35.5. The van der Waals surface area contributed by atoms with Crippen molar-refractivity contribution in [3.63, 3.8) is 0 Å².